The van der Waals surface area contributed by atoms with Gasteiger partial charge in [0.25, 0.3) is 0 Å². The van der Waals surface area contributed by atoms with Gasteiger partial charge in [0.15, 0.2) is 5.05 Å². The van der Waals surface area contributed by atoms with Crippen molar-refractivity contribution in [2.75, 3.05) is 0 Å². The summed E-state index contributed by atoms with van der Waals surface area (Å²) in [6.45, 7) is 3.43. The van der Waals surface area contributed by atoms with E-state index in [1.165, 1.54) is 6.08 Å². The van der Waals surface area contributed by atoms with Crippen LogP contribution in [0.2, 0.25) is 0 Å². The largest absolute Gasteiger partial charge is 0.502 e. The number of allylic oxidation sites excluding steroid dienone is 1. The Morgan fingerprint density at radius 1 is 1.64 bits per heavy atom. The first-order valence-corrected chi connectivity index (χ1v) is 3.54. The summed E-state index contributed by atoms with van der Waals surface area (Å²) in [6.07, 6.45) is 1.80. The minimum absolute atomic E-state index is 0.138. The second-order valence-corrected chi connectivity index (χ2v) is 2.58. The summed E-state index contributed by atoms with van der Waals surface area (Å²) < 4.78 is 0. The molecule has 0 aromatic carbocycles. The van der Waals surface area contributed by atoms with Gasteiger partial charge in [-0.2, -0.15) is 0 Å². The van der Waals surface area contributed by atoms with E-state index < -0.39 is 11.9 Å². The van der Waals surface area contributed by atoms with Crippen LogP contribution in [0.4, 0.5) is 0 Å². The van der Waals surface area contributed by atoms with Crippen LogP contribution in [0.3, 0.4) is 0 Å². The monoisotopic (exact) mass is 174 g/mol. The summed E-state index contributed by atoms with van der Waals surface area (Å²) in [5.74, 6) is -1.44. The zero-order valence-corrected chi connectivity index (χ0v) is 6.80. The average Bonchev–Trinajstić information content (AvgIpc) is 1.86. The number of aliphatic hydroxyl groups is 1. The van der Waals surface area contributed by atoms with Crippen molar-refractivity contribution in [2.24, 2.45) is 5.92 Å². The number of hydrogen-bond donors (Lipinski definition) is 2. The highest BCUT2D eigenvalue weighted by Gasteiger charge is 2.15. The maximum absolute atomic E-state index is 10.2. The molecule has 1 unspecified atom stereocenters. The lowest BCUT2D eigenvalue weighted by molar-refractivity contribution is -0.137. The standard InChI is InChI=1S/C7H10O3S/c1-2-3-5(7(10)11)4-6(8)9/h2,5H,1,3-4H2,(H,8,9)(H,10,11). The normalized spacial score (nSPS) is 12.0. The molecule has 0 aromatic heterocycles. The maximum Gasteiger partial charge on any atom is 0.304 e. The first kappa shape index (κ1) is 10.1. The summed E-state index contributed by atoms with van der Waals surface area (Å²) in [7, 11) is 0. The van der Waals surface area contributed by atoms with E-state index in [0.717, 1.165) is 0 Å². The molecule has 0 spiro atoms. The number of carbonyl (C=O) groups is 1. The first-order valence-electron chi connectivity index (χ1n) is 3.13. The summed E-state index contributed by atoms with van der Waals surface area (Å²) in [5, 5.41) is 16.9. The third kappa shape index (κ3) is 4.50. The second-order valence-electron chi connectivity index (χ2n) is 2.16. The van der Waals surface area contributed by atoms with Gasteiger partial charge in [-0.1, -0.05) is 6.08 Å². The lowest BCUT2D eigenvalue weighted by Crippen LogP contribution is -2.15. The van der Waals surface area contributed by atoms with Crippen molar-refractivity contribution in [3.8, 4) is 0 Å². The Hall–Kier alpha value is -0.900. The van der Waals surface area contributed by atoms with Crippen LogP contribution in [-0.2, 0) is 4.79 Å². The first-order chi connectivity index (χ1) is 5.07. The van der Waals surface area contributed by atoms with E-state index >= 15 is 0 Å². The number of thiocarbonyl (C=S) groups is 1. The molecule has 0 fully saturated rings. The lowest BCUT2D eigenvalue weighted by atomic mass is 10.0. The molecule has 0 aliphatic heterocycles. The molecule has 2 N–H and O–H groups in total. The van der Waals surface area contributed by atoms with Gasteiger partial charge in [0.1, 0.15) is 0 Å². The lowest BCUT2D eigenvalue weighted by Gasteiger charge is -2.07. The zero-order chi connectivity index (χ0) is 8.85. The predicted molar refractivity (Wildman–Crippen MR) is 45.8 cm³/mol. The second kappa shape index (κ2) is 4.85. The topological polar surface area (TPSA) is 57.5 Å². The van der Waals surface area contributed by atoms with E-state index in [9.17, 15) is 4.79 Å². The van der Waals surface area contributed by atoms with Crippen LogP contribution in [0, 0.1) is 5.92 Å². The van der Waals surface area contributed by atoms with E-state index in [-0.39, 0.29) is 11.5 Å². The van der Waals surface area contributed by atoms with E-state index in [2.05, 4.69) is 18.8 Å². The van der Waals surface area contributed by atoms with E-state index in [1.807, 2.05) is 0 Å². The van der Waals surface area contributed by atoms with E-state index in [1.54, 1.807) is 0 Å². The van der Waals surface area contributed by atoms with Gasteiger partial charge in [-0.3, -0.25) is 4.79 Å². The molecule has 11 heavy (non-hydrogen) atoms. The Kier molecular flexibility index (Phi) is 4.45. The maximum atomic E-state index is 10.2. The molecule has 0 aliphatic carbocycles. The average molecular weight is 174 g/mol. The highest BCUT2D eigenvalue weighted by atomic mass is 32.1. The van der Waals surface area contributed by atoms with Gasteiger partial charge in [0, 0.05) is 5.92 Å². The van der Waals surface area contributed by atoms with Crippen molar-refractivity contribution in [3.63, 3.8) is 0 Å². The summed E-state index contributed by atoms with van der Waals surface area (Å²) in [6, 6.07) is 0. The molecular formula is C7H10O3S. The fourth-order valence-corrected chi connectivity index (χ4v) is 0.863. The molecule has 0 aliphatic rings. The highest BCUT2D eigenvalue weighted by molar-refractivity contribution is 7.80. The van der Waals surface area contributed by atoms with Gasteiger partial charge in [0.05, 0.1) is 6.42 Å². The summed E-state index contributed by atoms with van der Waals surface area (Å²) >= 11 is 4.45. The summed E-state index contributed by atoms with van der Waals surface area (Å²) in [5.41, 5.74) is 0. The fourth-order valence-electron chi connectivity index (χ4n) is 0.683. The Morgan fingerprint density at radius 3 is 2.45 bits per heavy atom. The number of carboxylic acid groups (broad SMARTS) is 1. The quantitative estimate of drug-likeness (QED) is 0.490. The van der Waals surface area contributed by atoms with E-state index in [4.69, 9.17) is 10.2 Å². The van der Waals surface area contributed by atoms with Crippen LogP contribution < -0.4 is 0 Å². The van der Waals surface area contributed by atoms with Gasteiger partial charge >= 0.3 is 5.97 Å². The smallest absolute Gasteiger partial charge is 0.304 e. The van der Waals surface area contributed by atoms with Crippen molar-refractivity contribution < 1.29 is 15.0 Å². The minimum Gasteiger partial charge on any atom is -0.502 e. The molecule has 1 atom stereocenters. The molecule has 0 bridgehead atoms. The van der Waals surface area contributed by atoms with Crippen LogP contribution in [-0.4, -0.2) is 21.2 Å². The van der Waals surface area contributed by atoms with Gasteiger partial charge in [-0.25, -0.2) is 0 Å². The SMILES string of the molecule is C=CCC(CC(=O)O)C(O)=S. The third-order valence-corrected chi connectivity index (χ3v) is 1.55. The molecule has 0 rings (SSSR count). The molecule has 0 saturated carbocycles. The molecule has 62 valence electrons. The van der Waals surface area contributed by atoms with Gasteiger partial charge in [-0.05, 0) is 18.6 Å². The van der Waals surface area contributed by atoms with Gasteiger partial charge < -0.3 is 10.2 Å². The molecule has 0 heterocycles. The number of aliphatic carboxylic acids is 1. The Balaban J connectivity index is 3.99. The molecule has 0 radical (unpaired) electrons. The van der Waals surface area contributed by atoms with Crippen LogP contribution in [0.25, 0.3) is 0 Å². The van der Waals surface area contributed by atoms with Crippen molar-refractivity contribution in [1.82, 2.24) is 0 Å². The predicted octanol–water partition coefficient (Wildman–Crippen LogP) is 1.54. The summed E-state index contributed by atoms with van der Waals surface area (Å²) in [4.78, 5) is 10.2. The van der Waals surface area contributed by atoms with Crippen LogP contribution in [0.1, 0.15) is 12.8 Å². The molecule has 0 aromatic rings. The van der Waals surface area contributed by atoms with Crippen molar-refractivity contribution >= 4 is 23.2 Å². The highest BCUT2D eigenvalue weighted by Crippen LogP contribution is 2.10. The Bertz CT molecular complexity index is 177. The molecule has 0 amide bonds. The number of rotatable bonds is 5. The number of hydrogen-bond acceptors (Lipinski definition) is 2. The van der Waals surface area contributed by atoms with Crippen LogP contribution in [0.15, 0.2) is 12.7 Å². The Labute approximate surface area is 70.3 Å². The third-order valence-electron chi connectivity index (χ3n) is 1.22. The number of aliphatic hydroxyl groups excluding tert-OH is 1. The molecule has 3 nitrogen and oxygen atoms in total. The molecule has 0 saturated heterocycles. The minimum atomic E-state index is -0.965. The number of carboxylic acids is 1. The molecular weight excluding hydrogens is 164 g/mol. The van der Waals surface area contributed by atoms with Gasteiger partial charge in [-0.15, -0.1) is 6.58 Å². The van der Waals surface area contributed by atoms with Gasteiger partial charge in [0.2, 0.25) is 0 Å². The Morgan fingerprint density at radius 2 is 2.18 bits per heavy atom. The van der Waals surface area contributed by atoms with Crippen molar-refractivity contribution in [2.45, 2.75) is 12.8 Å². The van der Waals surface area contributed by atoms with Crippen LogP contribution in [0.5, 0.6) is 0 Å². The molecule has 4 heteroatoms. The van der Waals surface area contributed by atoms with Crippen LogP contribution >= 0.6 is 12.2 Å². The fraction of sp³-hybridized carbons (Fsp3) is 0.429. The zero-order valence-electron chi connectivity index (χ0n) is 5.99. The van der Waals surface area contributed by atoms with Crippen molar-refractivity contribution in [3.05, 3.63) is 12.7 Å². The van der Waals surface area contributed by atoms with Crippen molar-refractivity contribution in [1.29, 1.82) is 0 Å². The van der Waals surface area contributed by atoms with E-state index in [0.29, 0.717) is 6.42 Å².